The van der Waals surface area contributed by atoms with E-state index < -0.39 is 22.5 Å². The van der Waals surface area contributed by atoms with Crippen LogP contribution in [0.1, 0.15) is 26.4 Å². The Labute approximate surface area is 199 Å². The molecule has 14 heteroatoms. The van der Waals surface area contributed by atoms with Gasteiger partial charge in [-0.25, -0.2) is 9.67 Å². The number of hydrogen-bond acceptors (Lipinski definition) is 10. The Morgan fingerprint density at radius 1 is 1.20 bits per heavy atom. The number of carbonyl (C=O) groups is 3. The third kappa shape index (κ3) is 3.97. The molecule has 0 atom stereocenters. The van der Waals surface area contributed by atoms with E-state index in [0.29, 0.717) is 34.0 Å². The van der Waals surface area contributed by atoms with E-state index in [1.807, 2.05) is 0 Å². The zero-order valence-electron chi connectivity index (χ0n) is 17.5. The van der Waals surface area contributed by atoms with Gasteiger partial charge in [-0.05, 0) is 35.6 Å². The summed E-state index contributed by atoms with van der Waals surface area (Å²) in [4.78, 5) is 52.2. The number of rotatable bonds is 6. The number of phenolic OH excluding ortho intramolecular Hbond substituents is 1. The summed E-state index contributed by atoms with van der Waals surface area (Å²) < 4.78 is 1.34. The molecule has 35 heavy (non-hydrogen) atoms. The van der Waals surface area contributed by atoms with Gasteiger partial charge in [0.1, 0.15) is 17.6 Å². The average Bonchev–Trinajstić information content (AvgIpc) is 3.56. The Morgan fingerprint density at radius 3 is 2.74 bits per heavy atom. The topological polar surface area (TPSA) is 173 Å². The summed E-state index contributed by atoms with van der Waals surface area (Å²) >= 11 is 0.686. The van der Waals surface area contributed by atoms with Crippen LogP contribution in [-0.2, 0) is 11.3 Å². The number of nitrogens with zero attached hydrogens (tertiary/aromatic N) is 6. The molecule has 4 aromatic rings. The lowest BCUT2D eigenvalue weighted by Crippen LogP contribution is -2.29. The van der Waals surface area contributed by atoms with Gasteiger partial charge in [-0.1, -0.05) is 17.3 Å². The van der Waals surface area contributed by atoms with Crippen molar-refractivity contribution in [3.63, 3.8) is 0 Å². The molecule has 2 aromatic carbocycles. The predicted octanol–water partition coefficient (Wildman–Crippen LogP) is 2.32. The minimum absolute atomic E-state index is 0.0163. The van der Waals surface area contributed by atoms with Crippen LogP contribution in [-0.4, -0.2) is 47.6 Å². The van der Waals surface area contributed by atoms with Crippen molar-refractivity contribution < 1.29 is 24.4 Å². The number of amides is 2. The second-order valence-electron chi connectivity index (χ2n) is 7.31. The Balaban J connectivity index is 1.32. The fourth-order valence-electron chi connectivity index (χ4n) is 3.49. The van der Waals surface area contributed by atoms with Crippen LogP contribution in [0.3, 0.4) is 0 Å². The number of para-hydroxylation sites is 1. The first kappa shape index (κ1) is 21.8. The third-order valence-electron chi connectivity index (χ3n) is 5.12. The number of aromatic hydroxyl groups is 1. The van der Waals surface area contributed by atoms with Crippen molar-refractivity contribution in [3.8, 4) is 11.4 Å². The molecule has 0 aliphatic carbocycles. The van der Waals surface area contributed by atoms with Gasteiger partial charge in [-0.2, -0.15) is 0 Å². The predicted molar refractivity (Wildman–Crippen MR) is 122 cm³/mol. The lowest BCUT2D eigenvalue weighted by molar-refractivity contribution is -0.380. The van der Waals surface area contributed by atoms with Gasteiger partial charge in [-0.15, -0.1) is 5.10 Å². The highest BCUT2D eigenvalue weighted by Crippen LogP contribution is 2.30. The number of ketones is 1. The van der Waals surface area contributed by atoms with Gasteiger partial charge in [0.15, 0.2) is 5.13 Å². The zero-order chi connectivity index (χ0) is 24.7. The van der Waals surface area contributed by atoms with Gasteiger partial charge >= 0.3 is 5.00 Å². The monoisotopic (exact) mass is 491 g/mol. The quantitative estimate of drug-likeness (QED) is 0.233. The Morgan fingerprint density at radius 2 is 2.00 bits per heavy atom. The van der Waals surface area contributed by atoms with Crippen molar-refractivity contribution in [2.24, 2.45) is 0 Å². The summed E-state index contributed by atoms with van der Waals surface area (Å²) in [5, 5.41) is 31.3. The molecule has 0 radical (unpaired) electrons. The van der Waals surface area contributed by atoms with E-state index in [-0.39, 0.29) is 28.0 Å². The van der Waals surface area contributed by atoms with Crippen molar-refractivity contribution in [2.45, 2.75) is 6.54 Å². The maximum atomic E-state index is 12.4. The molecule has 3 heterocycles. The van der Waals surface area contributed by atoms with Gasteiger partial charge < -0.3 is 5.11 Å². The molecule has 2 N–H and O–H groups in total. The zero-order valence-corrected chi connectivity index (χ0v) is 18.3. The lowest BCUT2D eigenvalue weighted by atomic mass is 10.1. The molecule has 0 saturated carbocycles. The van der Waals surface area contributed by atoms with Crippen LogP contribution in [0.4, 0.5) is 15.8 Å². The first-order valence-electron chi connectivity index (χ1n) is 9.93. The summed E-state index contributed by atoms with van der Waals surface area (Å²) in [5.41, 5.74) is 1.53. The van der Waals surface area contributed by atoms with Crippen molar-refractivity contribution in [3.05, 3.63) is 81.8 Å². The molecule has 174 valence electrons. The fraction of sp³-hybridized carbons (Fsp3) is 0.0476. The molecule has 0 bridgehead atoms. The maximum absolute atomic E-state index is 12.4. The number of thiazole rings is 1. The van der Waals surface area contributed by atoms with E-state index >= 15 is 0 Å². The van der Waals surface area contributed by atoms with Crippen LogP contribution in [0.2, 0.25) is 0 Å². The molecule has 13 nitrogen and oxygen atoms in total. The number of aromatic nitrogens is 4. The first-order chi connectivity index (χ1) is 16.8. The Kier molecular flexibility index (Phi) is 5.25. The van der Waals surface area contributed by atoms with E-state index in [2.05, 4.69) is 20.6 Å². The summed E-state index contributed by atoms with van der Waals surface area (Å²) in [6.07, 6.45) is 2.55. The molecule has 0 unspecified atom stereocenters. The van der Waals surface area contributed by atoms with Crippen molar-refractivity contribution in [2.75, 3.05) is 10.2 Å². The van der Waals surface area contributed by atoms with Gasteiger partial charge in [0.05, 0.1) is 40.2 Å². The van der Waals surface area contributed by atoms with Gasteiger partial charge in [0, 0.05) is 6.07 Å². The SMILES string of the molecule is O=C(Nc1ncc([N+](=O)[O-])s1)c1ccc(-n2cc(CN3C(=O)C(=O)c4ccccc43)nn2)cc1O. The lowest BCUT2D eigenvalue weighted by Gasteiger charge is -2.14. The van der Waals surface area contributed by atoms with Gasteiger partial charge in [0.2, 0.25) is 0 Å². The van der Waals surface area contributed by atoms with Crippen LogP contribution in [0.15, 0.2) is 54.9 Å². The molecule has 2 aromatic heterocycles. The molecule has 1 aliphatic heterocycles. The maximum Gasteiger partial charge on any atom is 0.345 e. The minimum Gasteiger partial charge on any atom is -0.507 e. The molecule has 0 saturated heterocycles. The second-order valence-corrected chi connectivity index (χ2v) is 8.32. The number of hydrogen-bond donors (Lipinski definition) is 2. The van der Waals surface area contributed by atoms with Crippen molar-refractivity contribution in [1.29, 1.82) is 0 Å². The van der Waals surface area contributed by atoms with Gasteiger partial charge in [-0.3, -0.25) is 34.7 Å². The van der Waals surface area contributed by atoms with Crippen LogP contribution in [0, 0.1) is 10.1 Å². The Bertz CT molecular complexity index is 1530. The largest absolute Gasteiger partial charge is 0.507 e. The highest BCUT2D eigenvalue weighted by atomic mass is 32.1. The average molecular weight is 491 g/mol. The molecule has 0 spiro atoms. The van der Waals surface area contributed by atoms with E-state index in [9.17, 15) is 29.6 Å². The first-order valence-corrected chi connectivity index (χ1v) is 10.7. The van der Waals surface area contributed by atoms with E-state index in [1.54, 1.807) is 24.3 Å². The highest BCUT2D eigenvalue weighted by molar-refractivity contribution is 7.18. The molecule has 5 rings (SSSR count). The number of anilines is 2. The summed E-state index contributed by atoms with van der Waals surface area (Å²) in [6.45, 7) is 0.0218. The minimum atomic E-state index is -0.701. The molecule has 0 fully saturated rings. The van der Waals surface area contributed by atoms with Crippen molar-refractivity contribution in [1.82, 2.24) is 20.0 Å². The fourth-order valence-corrected chi connectivity index (χ4v) is 4.12. The van der Waals surface area contributed by atoms with Gasteiger partial charge in [0.25, 0.3) is 17.6 Å². The van der Waals surface area contributed by atoms with Crippen LogP contribution in [0.5, 0.6) is 5.75 Å². The smallest absolute Gasteiger partial charge is 0.345 e. The second kappa shape index (κ2) is 8.42. The number of fused-ring (bicyclic) bond motifs is 1. The summed E-state index contributed by atoms with van der Waals surface area (Å²) in [6, 6.07) is 10.8. The normalized spacial score (nSPS) is 12.6. The van der Waals surface area contributed by atoms with E-state index in [0.717, 1.165) is 6.20 Å². The number of carbonyl (C=O) groups excluding carboxylic acids is 3. The number of phenols is 1. The van der Waals surface area contributed by atoms with Crippen LogP contribution >= 0.6 is 11.3 Å². The van der Waals surface area contributed by atoms with Crippen LogP contribution < -0.4 is 10.2 Å². The standard InChI is InChI=1S/C21H13N7O6S/c29-16-7-12(5-6-14(16)19(31)23-21-22-8-17(35-21)28(33)34)27-10-11(24-25-27)9-26-15-4-2-1-3-13(15)18(30)20(26)32/h1-8,10,29H,9H2,(H,22,23,31). The molecular weight excluding hydrogens is 478 g/mol. The van der Waals surface area contributed by atoms with Crippen LogP contribution in [0.25, 0.3) is 5.69 Å². The third-order valence-corrected chi connectivity index (χ3v) is 5.99. The van der Waals surface area contributed by atoms with Crippen molar-refractivity contribution >= 4 is 44.8 Å². The van der Waals surface area contributed by atoms with E-state index in [4.69, 9.17) is 0 Å². The number of Topliss-reactive ketones (excluding diaryl/α,β-unsaturated/α-hetero) is 1. The molecule has 1 aliphatic rings. The number of nitrogens with one attached hydrogen (secondary N) is 1. The summed E-state index contributed by atoms with van der Waals surface area (Å²) in [5.74, 6) is -2.30. The molecule has 2 amide bonds. The number of benzene rings is 2. The molecular formula is C21H13N7O6S. The summed E-state index contributed by atoms with van der Waals surface area (Å²) in [7, 11) is 0. The highest BCUT2D eigenvalue weighted by Gasteiger charge is 2.35. The number of nitro groups is 1. The van der Waals surface area contributed by atoms with E-state index in [1.165, 1.54) is 34.0 Å². The Hall–Kier alpha value is -4.98.